The van der Waals surface area contributed by atoms with Gasteiger partial charge in [0.05, 0.1) is 4.92 Å². The number of benzene rings is 2. The molecule has 0 unspecified atom stereocenters. The highest BCUT2D eigenvalue weighted by Gasteiger charge is 2.22. The molecule has 2 rings (SSSR count). The molecule has 3 nitrogen and oxygen atoms in total. The first-order chi connectivity index (χ1) is 8.95. The van der Waals surface area contributed by atoms with Crippen molar-refractivity contribution in [1.82, 2.24) is 0 Å². The quantitative estimate of drug-likeness (QED) is 0.586. The van der Waals surface area contributed by atoms with Gasteiger partial charge in [0.1, 0.15) is 0 Å². The molecule has 0 fully saturated rings. The first-order valence-corrected chi connectivity index (χ1v) is 6.25. The molecule has 0 saturated heterocycles. The SMILES string of the molecule is Cc1c(C)c([N+](=O)[O-])c(C)c(C)c1-c1ccccc1. The molecule has 0 atom stereocenters. The summed E-state index contributed by atoms with van der Waals surface area (Å²) in [6.07, 6.45) is 0. The first-order valence-electron chi connectivity index (χ1n) is 6.25. The zero-order valence-electron chi connectivity index (χ0n) is 11.7. The summed E-state index contributed by atoms with van der Waals surface area (Å²) in [5, 5.41) is 11.2. The van der Waals surface area contributed by atoms with Gasteiger partial charge in [0.25, 0.3) is 5.69 Å². The van der Waals surface area contributed by atoms with Crippen LogP contribution in [0, 0.1) is 37.8 Å². The van der Waals surface area contributed by atoms with Crippen molar-refractivity contribution in [2.75, 3.05) is 0 Å². The Morgan fingerprint density at radius 1 is 0.842 bits per heavy atom. The van der Waals surface area contributed by atoms with Crippen LogP contribution in [0.1, 0.15) is 22.3 Å². The summed E-state index contributed by atoms with van der Waals surface area (Å²) in [5.74, 6) is 0. The smallest absolute Gasteiger partial charge is 0.258 e. The fraction of sp³-hybridized carbons (Fsp3) is 0.250. The van der Waals surface area contributed by atoms with Gasteiger partial charge in [-0.1, -0.05) is 30.3 Å². The van der Waals surface area contributed by atoms with Crippen LogP contribution in [0.2, 0.25) is 0 Å². The molecular formula is C16H17NO2. The van der Waals surface area contributed by atoms with Gasteiger partial charge in [-0.3, -0.25) is 10.1 Å². The molecule has 0 heterocycles. The summed E-state index contributed by atoms with van der Waals surface area (Å²) in [5.41, 5.74) is 5.95. The van der Waals surface area contributed by atoms with Gasteiger partial charge in [0.15, 0.2) is 0 Å². The highest BCUT2D eigenvalue weighted by molar-refractivity contribution is 5.77. The number of nitrogens with zero attached hydrogens (tertiary/aromatic N) is 1. The van der Waals surface area contributed by atoms with E-state index in [4.69, 9.17) is 0 Å². The van der Waals surface area contributed by atoms with E-state index in [1.165, 1.54) is 0 Å². The van der Waals surface area contributed by atoms with Crippen LogP contribution in [0.3, 0.4) is 0 Å². The van der Waals surface area contributed by atoms with E-state index in [0.29, 0.717) is 0 Å². The molecule has 0 aliphatic rings. The summed E-state index contributed by atoms with van der Waals surface area (Å²) < 4.78 is 0. The molecule has 2 aromatic carbocycles. The van der Waals surface area contributed by atoms with Crippen LogP contribution in [0.5, 0.6) is 0 Å². The fourth-order valence-corrected chi connectivity index (χ4v) is 2.60. The van der Waals surface area contributed by atoms with E-state index in [9.17, 15) is 10.1 Å². The largest absolute Gasteiger partial charge is 0.275 e. The Labute approximate surface area is 113 Å². The predicted molar refractivity (Wildman–Crippen MR) is 77.5 cm³/mol. The average Bonchev–Trinajstić information content (AvgIpc) is 2.38. The standard InChI is InChI=1S/C16H17NO2/c1-10-12(3)16(17(18)19)13(4)11(2)15(10)14-8-6-5-7-9-14/h5-9H,1-4H3. The minimum Gasteiger partial charge on any atom is -0.258 e. The second-order valence-corrected chi connectivity index (χ2v) is 4.85. The summed E-state index contributed by atoms with van der Waals surface area (Å²) in [6, 6.07) is 10.0. The lowest BCUT2D eigenvalue weighted by Crippen LogP contribution is -2.02. The lowest BCUT2D eigenvalue weighted by Gasteiger charge is -2.16. The van der Waals surface area contributed by atoms with Crippen LogP contribution in [0.15, 0.2) is 30.3 Å². The Hall–Kier alpha value is -2.16. The van der Waals surface area contributed by atoms with Gasteiger partial charge in [-0.15, -0.1) is 0 Å². The van der Waals surface area contributed by atoms with Crippen molar-refractivity contribution < 1.29 is 4.92 Å². The van der Waals surface area contributed by atoms with Crippen LogP contribution in [0.4, 0.5) is 5.69 Å². The zero-order valence-corrected chi connectivity index (χ0v) is 11.7. The van der Waals surface area contributed by atoms with Crippen LogP contribution in [0.25, 0.3) is 11.1 Å². The maximum atomic E-state index is 11.2. The molecule has 3 heteroatoms. The maximum absolute atomic E-state index is 11.2. The third-order valence-electron chi connectivity index (χ3n) is 3.83. The van der Waals surface area contributed by atoms with Crippen molar-refractivity contribution in [1.29, 1.82) is 0 Å². The maximum Gasteiger partial charge on any atom is 0.275 e. The number of nitro groups is 1. The van der Waals surface area contributed by atoms with Crippen LogP contribution >= 0.6 is 0 Å². The van der Waals surface area contributed by atoms with Gasteiger partial charge in [0.2, 0.25) is 0 Å². The van der Waals surface area contributed by atoms with Gasteiger partial charge in [-0.2, -0.15) is 0 Å². The Morgan fingerprint density at radius 2 is 1.32 bits per heavy atom. The van der Waals surface area contributed by atoms with Crippen molar-refractivity contribution in [2.24, 2.45) is 0 Å². The number of hydrogen-bond acceptors (Lipinski definition) is 2. The fourth-order valence-electron chi connectivity index (χ4n) is 2.60. The molecule has 0 amide bonds. The third kappa shape index (κ3) is 2.12. The monoisotopic (exact) mass is 255 g/mol. The topological polar surface area (TPSA) is 43.1 Å². The molecule has 0 N–H and O–H groups in total. The van der Waals surface area contributed by atoms with E-state index in [-0.39, 0.29) is 10.6 Å². The second-order valence-electron chi connectivity index (χ2n) is 4.85. The minimum atomic E-state index is -0.278. The lowest BCUT2D eigenvalue weighted by atomic mass is 9.88. The van der Waals surface area contributed by atoms with Crippen molar-refractivity contribution in [2.45, 2.75) is 27.7 Å². The van der Waals surface area contributed by atoms with Crippen molar-refractivity contribution in [3.63, 3.8) is 0 Å². The molecule has 98 valence electrons. The van der Waals surface area contributed by atoms with E-state index in [1.54, 1.807) is 0 Å². The average molecular weight is 255 g/mol. The molecule has 0 aromatic heterocycles. The molecule has 0 bridgehead atoms. The van der Waals surface area contributed by atoms with Gasteiger partial charge >= 0.3 is 0 Å². The molecule has 19 heavy (non-hydrogen) atoms. The van der Waals surface area contributed by atoms with Crippen LogP contribution in [-0.2, 0) is 0 Å². The van der Waals surface area contributed by atoms with Gasteiger partial charge in [0, 0.05) is 11.1 Å². The van der Waals surface area contributed by atoms with Crippen molar-refractivity contribution in [3.05, 3.63) is 62.7 Å². The van der Waals surface area contributed by atoms with E-state index in [0.717, 1.165) is 33.4 Å². The van der Waals surface area contributed by atoms with Crippen molar-refractivity contribution >= 4 is 5.69 Å². The summed E-state index contributed by atoms with van der Waals surface area (Å²) >= 11 is 0. The Bertz CT molecular complexity index is 617. The van der Waals surface area contributed by atoms with E-state index in [2.05, 4.69) is 0 Å². The van der Waals surface area contributed by atoms with Gasteiger partial charge < -0.3 is 0 Å². The zero-order chi connectivity index (χ0) is 14.2. The molecule has 0 aliphatic heterocycles. The predicted octanol–water partition coefficient (Wildman–Crippen LogP) is 4.50. The van der Waals surface area contributed by atoms with Gasteiger partial charge in [-0.05, 0) is 49.9 Å². The molecule has 0 spiro atoms. The lowest BCUT2D eigenvalue weighted by molar-refractivity contribution is -0.386. The highest BCUT2D eigenvalue weighted by atomic mass is 16.6. The number of rotatable bonds is 2. The molecule has 0 radical (unpaired) electrons. The molecule has 0 saturated carbocycles. The summed E-state index contributed by atoms with van der Waals surface area (Å²) in [6.45, 7) is 7.56. The minimum absolute atomic E-state index is 0.245. The van der Waals surface area contributed by atoms with Crippen molar-refractivity contribution in [3.8, 4) is 11.1 Å². The van der Waals surface area contributed by atoms with Crippen LogP contribution in [-0.4, -0.2) is 4.92 Å². The first kappa shape index (κ1) is 13.3. The molecule has 2 aromatic rings. The molecule has 0 aliphatic carbocycles. The van der Waals surface area contributed by atoms with Gasteiger partial charge in [-0.25, -0.2) is 0 Å². The Morgan fingerprint density at radius 3 is 1.74 bits per heavy atom. The van der Waals surface area contributed by atoms with Crippen LogP contribution < -0.4 is 0 Å². The van der Waals surface area contributed by atoms with E-state index in [1.807, 2.05) is 58.0 Å². The Balaban J connectivity index is 2.82. The number of hydrogen-bond donors (Lipinski definition) is 0. The Kier molecular flexibility index (Phi) is 3.38. The normalized spacial score (nSPS) is 10.5. The summed E-state index contributed by atoms with van der Waals surface area (Å²) in [7, 11) is 0. The summed E-state index contributed by atoms with van der Waals surface area (Å²) in [4.78, 5) is 10.9. The highest BCUT2D eigenvalue weighted by Crippen LogP contribution is 2.37. The molecular weight excluding hydrogens is 238 g/mol. The van der Waals surface area contributed by atoms with E-state index < -0.39 is 0 Å². The van der Waals surface area contributed by atoms with E-state index >= 15 is 0 Å². The second kappa shape index (κ2) is 4.84. The third-order valence-corrected chi connectivity index (χ3v) is 3.83. The number of nitro benzene ring substituents is 1.